The predicted molar refractivity (Wildman–Crippen MR) is 60.6 cm³/mol. The van der Waals surface area contributed by atoms with Crippen molar-refractivity contribution in [1.29, 1.82) is 0 Å². The van der Waals surface area contributed by atoms with Gasteiger partial charge in [-0.25, -0.2) is 4.98 Å². The fourth-order valence-electron chi connectivity index (χ4n) is 1.11. The lowest BCUT2D eigenvalue weighted by molar-refractivity contribution is 0.564. The summed E-state index contributed by atoms with van der Waals surface area (Å²) in [7, 11) is 2.03. The lowest BCUT2D eigenvalue weighted by Gasteiger charge is -2.13. The Labute approximate surface area is 88.2 Å². The molecule has 0 amide bonds. The Morgan fingerprint density at radius 2 is 2.54 bits per heavy atom. The van der Waals surface area contributed by atoms with Crippen LogP contribution in [0.15, 0.2) is 15.9 Å². The van der Waals surface area contributed by atoms with Crippen LogP contribution in [0.3, 0.4) is 0 Å². The summed E-state index contributed by atoms with van der Waals surface area (Å²) in [6.45, 7) is 2.22. The molecule has 1 rings (SSSR count). The van der Waals surface area contributed by atoms with Crippen LogP contribution in [0, 0.1) is 0 Å². The predicted octanol–water partition coefficient (Wildman–Crippen LogP) is 2.62. The number of rotatable bonds is 6. The number of thioether (sulfide) groups is 1. The van der Waals surface area contributed by atoms with Crippen molar-refractivity contribution in [3.63, 3.8) is 0 Å². The van der Waals surface area contributed by atoms with Crippen LogP contribution in [0.2, 0.25) is 0 Å². The van der Waals surface area contributed by atoms with E-state index in [1.165, 1.54) is 17.2 Å². The first-order chi connectivity index (χ1) is 6.36. The van der Waals surface area contributed by atoms with E-state index >= 15 is 0 Å². The topological polar surface area (TPSA) is 24.9 Å². The van der Waals surface area contributed by atoms with Gasteiger partial charge in [-0.1, -0.05) is 25.1 Å². The highest BCUT2D eigenvalue weighted by atomic mass is 32.2. The van der Waals surface area contributed by atoms with Crippen molar-refractivity contribution in [2.45, 2.75) is 30.1 Å². The second-order valence-corrected chi connectivity index (χ2v) is 5.04. The summed E-state index contributed by atoms with van der Waals surface area (Å²) in [5.74, 6) is 1.12. The molecule has 1 heterocycles. The third kappa shape index (κ3) is 4.11. The largest absolute Gasteiger partial charge is 0.316 e. The first kappa shape index (κ1) is 11.0. The number of nitrogens with one attached hydrogen (secondary N) is 1. The van der Waals surface area contributed by atoms with Gasteiger partial charge < -0.3 is 5.32 Å². The van der Waals surface area contributed by atoms with Crippen molar-refractivity contribution in [2.24, 2.45) is 0 Å². The van der Waals surface area contributed by atoms with Crippen LogP contribution in [0.5, 0.6) is 0 Å². The molecular formula is C9H16N2S2. The summed E-state index contributed by atoms with van der Waals surface area (Å²) in [5.41, 5.74) is 0. The summed E-state index contributed by atoms with van der Waals surface area (Å²) >= 11 is 3.56. The summed E-state index contributed by atoms with van der Waals surface area (Å²) in [6.07, 6.45) is 4.35. The number of hydrogen-bond acceptors (Lipinski definition) is 4. The van der Waals surface area contributed by atoms with Gasteiger partial charge in [0, 0.05) is 23.4 Å². The van der Waals surface area contributed by atoms with Crippen LogP contribution >= 0.6 is 23.1 Å². The van der Waals surface area contributed by atoms with E-state index in [9.17, 15) is 0 Å². The maximum absolute atomic E-state index is 4.24. The Morgan fingerprint density at radius 3 is 3.08 bits per heavy atom. The van der Waals surface area contributed by atoms with E-state index in [-0.39, 0.29) is 0 Å². The quantitative estimate of drug-likeness (QED) is 0.740. The third-order valence-electron chi connectivity index (χ3n) is 1.86. The minimum absolute atomic E-state index is 0.624. The number of aromatic nitrogens is 1. The highest BCUT2D eigenvalue weighted by molar-refractivity contribution is 8.01. The monoisotopic (exact) mass is 216 g/mol. The van der Waals surface area contributed by atoms with Crippen LogP contribution in [-0.4, -0.2) is 23.8 Å². The van der Waals surface area contributed by atoms with Gasteiger partial charge in [0.25, 0.3) is 0 Å². The highest BCUT2D eigenvalue weighted by Gasteiger charge is 2.05. The van der Waals surface area contributed by atoms with Gasteiger partial charge >= 0.3 is 0 Å². The molecule has 1 aromatic rings. The van der Waals surface area contributed by atoms with Crippen molar-refractivity contribution in [3.8, 4) is 0 Å². The van der Waals surface area contributed by atoms with Gasteiger partial charge in [0.1, 0.15) is 4.34 Å². The van der Waals surface area contributed by atoms with Gasteiger partial charge in [-0.3, -0.25) is 0 Å². The SMILES string of the molecule is CCCC(CSc1nccs1)NC. The maximum Gasteiger partial charge on any atom is 0.149 e. The molecule has 0 spiro atoms. The number of thiazole rings is 1. The van der Waals surface area contributed by atoms with E-state index in [2.05, 4.69) is 17.2 Å². The molecule has 4 heteroatoms. The Morgan fingerprint density at radius 1 is 1.69 bits per heavy atom. The van der Waals surface area contributed by atoms with Gasteiger partial charge in [0.15, 0.2) is 0 Å². The Balaban J connectivity index is 2.23. The van der Waals surface area contributed by atoms with Crippen molar-refractivity contribution >= 4 is 23.1 Å². The van der Waals surface area contributed by atoms with Crippen LogP contribution in [0.1, 0.15) is 19.8 Å². The highest BCUT2D eigenvalue weighted by Crippen LogP contribution is 2.21. The van der Waals surface area contributed by atoms with Crippen LogP contribution in [0.25, 0.3) is 0 Å². The number of nitrogens with zero attached hydrogens (tertiary/aromatic N) is 1. The molecule has 0 aliphatic carbocycles. The molecule has 0 saturated heterocycles. The standard InChI is InChI=1S/C9H16N2S2/c1-3-4-8(10-2)7-13-9-11-5-6-12-9/h5-6,8,10H,3-4,7H2,1-2H3. The second kappa shape index (κ2) is 6.40. The average Bonchev–Trinajstić information content (AvgIpc) is 2.64. The maximum atomic E-state index is 4.24. The Kier molecular flexibility index (Phi) is 5.43. The Hall–Kier alpha value is -0.0600. The molecule has 74 valence electrons. The van der Waals surface area contributed by atoms with E-state index in [1.807, 2.05) is 30.4 Å². The molecule has 0 saturated carbocycles. The fraction of sp³-hybridized carbons (Fsp3) is 0.667. The van der Waals surface area contributed by atoms with Gasteiger partial charge in [-0.2, -0.15) is 0 Å². The van der Waals surface area contributed by atoms with Gasteiger partial charge in [0.2, 0.25) is 0 Å². The lowest BCUT2D eigenvalue weighted by Crippen LogP contribution is -2.27. The number of hydrogen-bond donors (Lipinski definition) is 1. The van der Waals surface area contributed by atoms with E-state index in [4.69, 9.17) is 0 Å². The molecule has 0 radical (unpaired) electrons. The second-order valence-electron chi connectivity index (χ2n) is 2.88. The first-order valence-corrected chi connectivity index (χ1v) is 6.43. The molecule has 1 N–H and O–H groups in total. The minimum atomic E-state index is 0.624. The zero-order valence-electron chi connectivity index (χ0n) is 8.12. The molecule has 1 aromatic heterocycles. The average molecular weight is 216 g/mol. The fourth-order valence-corrected chi connectivity index (χ4v) is 2.93. The first-order valence-electron chi connectivity index (χ1n) is 4.56. The van der Waals surface area contributed by atoms with Crippen LogP contribution in [-0.2, 0) is 0 Å². The van der Waals surface area contributed by atoms with Crippen molar-refractivity contribution in [1.82, 2.24) is 10.3 Å². The summed E-state index contributed by atoms with van der Waals surface area (Å²) in [6, 6.07) is 0.624. The molecule has 0 aliphatic rings. The lowest BCUT2D eigenvalue weighted by atomic mass is 10.2. The molecule has 0 aliphatic heterocycles. The molecule has 0 bridgehead atoms. The van der Waals surface area contributed by atoms with E-state index in [0.29, 0.717) is 6.04 Å². The van der Waals surface area contributed by atoms with Crippen LogP contribution < -0.4 is 5.32 Å². The van der Waals surface area contributed by atoms with Crippen molar-refractivity contribution < 1.29 is 0 Å². The summed E-state index contributed by atoms with van der Waals surface area (Å²) in [4.78, 5) is 4.24. The zero-order chi connectivity index (χ0) is 9.52. The summed E-state index contributed by atoms with van der Waals surface area (Å²) in [5, 5.41) is 5.35. The van der Waals surface area contributed by atoms with E-state index in [1.54, 1.807) is 11.3 Å². The van der Waals surface area contributed by atoms with Gasteiger partial charge in [-0.05, 0) is 13.5 Å². The smallest absolute Gasteiger partial charge is 0.149 e. The molecule has 1 unspecified atom stereocenters. The van der Waals surface area contributed by atoms with Crippen molar-refractivity contribution in [2.75, 3.05) is 12.8 Å². The van der Waals surface area contributed by atoms with E-state index < -0.39 is 0 Å². The molecule has 13 heavy (non-hydrogen) atoms. The van der Waals surface area contributed by atoms with Gasteiger partial charge in [0.05, 0.1) is 0 Å². The molecule has 1 atom stereocenters. The zero-order valence-corrected chi connectivity index (χ0v) is 9.75. The van der Waals surface area contributed by atoms with Gasteiger partial charge in [-0.15, -0.1) is 11.3 Å². The molecule has 0 fully saturated rings. The molecule has 2 nitrogen and oxygen atoms in total. The van der Waals surface area contributed by atoms with Crippen LogP contribution in [0.4, 0.5) is 0 Å². The summed E-state index contributed by atoms with van der Waals surface area (Å²) < 4.78 is 1.18. The minimum Gasteiger partial charge on any atom is -0.316 e. The molecule has 0 aromatic carbocycles. The Bertz CT molecular complexity index is 211. The molecular weight excluding hydrogens is 200 g/mol. The normalized spacial score (nSPS) is 13.1. The van der Waals surface area contributed by atoms with Crippen molar-refractivity contribution in [3.05, 3.63) is 11.6 Å². The third-order valence-corrected chi connectivity index (χ3v) is 3.99. The van der Waals surface area contributed by atoms with E-state index in [0.717, 1.165) is 5.75 Å².